The van der Waals surface area contributed by atoms with Crippen LogP contribution in [0.1, 0.15) is 24.0 Å². The molecule has 1 aromatic rings. The van der Waals surface area contributed by atoms with Crippen LogP contribution in [-0.4, -0.2) is 12.8 Å². The summed E-state index contributed by atoms with van der Waals surface area (Å²) in [6.45, 7) is 0.987. The lowest BCUT2D eigenvalue weighted by atomic mass is 10.0. The number of aliphatic imine (C=N–C) groups is 1. The summed E-state index contributed by atoms with van der Waals surface area (Å²) >= 11 is 0. The van der Waals surface area contributed by atoms with Gasteiger partial charge < -0.3 is 0 Å². The molecule has 70 valence electrons. The molecule has 1 aliphatic carbocycles. The third-order valence-electron chi connectivity index (χ3n) is 3.13. The van der Waals surface area contributed by atoms with Crippen LogP contribution >= 0.6 is 0 Å². The number of aryl methyl sites for hydroxylation is 1. The van der Waals surface area contributed by atoms with Crippen molar-refractivity contribution in [2.24, 2.45) is 4.99 Å². The average Bonchev–Trinajstić information content (AvgIpc) is 2.85. The van der Waals surface area contributed by atoms with Gasteiger partial charge in [-0.15, -0.1) is 0 Å². The van der Waals surface area contributed by atoms with E-state index in [1.165, 1.54) is 29.5 Å². The maximum Gasteiger partial charge on any atom is 0.0430 e. The molecule has 0 bridgehead atoms. The van der Waals surface area contributed by atoms with Crippen LogP contribution in [0.2, 0.25) is 0 Å². The van der Waals surface area contributed by atoms with E-state index in [1.807, 2.05) is 0 Å². The highest BCUT2D eigenvalue weighted by molar-refractivity contribution is 5.94. The van der Waals surface area contributed by atoms with Gasteiger partial charge in [0.2, 0.25) is 0 Å². The Kier molecular flexibility index (Phi) is 1.76. The van der Waals surface area contributed by atoms with Crippen molar-refractivity contribution in [1.82, 2.24) is 0 Å². The SMILES string of the molecule is C1=NCC/C1=C1/CCc2ccccc21. The Morgan fingerprint density at radius 3 is 2.79 bits per heavy atom. The van der Waals surface area contributed by atoms with E-state index in [9.17, 15) is 0 Å². The average molecular weight is 183 g/mol. The van der Waals surface area contributed by atoms with E-state index in [2.05, 4.69) is 35.5 Å². The van der Waals surface area contributed by atoms with E-state index in [0.29, 0.717) is 0 Å². The molecule has 1 heteroatoms. The topological polar surface area (TPSA) is 12.4 Å². The Morgan fingerprint density at radius 2 is 1.93 bits per heavy atom. The van der Waals surface area contributed by atoms with Gasteiger partial charge in [-0.1, -0.05) is 24.3 Å². The van der Waals surface area contributed by atoms with Crippen LogP contribution in [0, 0.1) is 0 Å². The maximum atomic E-state index is 4.30. The molecule has 1 heterocycles. The second kappa shape index (κ2) is 3.09. The minimum atomic E-state index is 0.987. The van der Waals surface area contributed by atoms with E-state index in [0.717, 1.165) is 13.0 Å². The molecule has 0 saturated heterocycles. The molecule has 0 atom stereocenters. The standard InChI is InChI=1S/C13H13N/c1-2-4-12-10(3-1)5-6-13(12)11-7-8-14-9-11/h1-4,9H,5-8H2/b13-11+. The summed E-state index contributed by atoms with van der Waals surface area (Å²) in [5.74, 6) is 0. The van der Waals surface area contributed by atoms with E-state index in [4.69, 9.17) is 0 Å². The number of benzene rings is 1. The third kappa shape index (κ3) is 1.12. The van der Waals surface area contributed by atoms with Gasteiger partial charge in [-0.25, -0.2) is 0 Å². The summed E-state index contributed by atoms with van der Waals surface area (Å²) in [5, 5.41) is 0. The van der Waals surface area contributed by atoms with Crippen molar-refractivity contribution in [2.75, 3.05) is 6.54 Å². The lowest BCUT2D eigenvalue weighted by Gasteiger charge is -2.03. The quantitative estimate of drug-likeness (QED) is 0.586. The molecule has 1 aliphatic heterocycles. The molecule has 0 saturated carbocycles. The van der Waals surface area contributed by atoms with Crippen LogP contribution in [-0.2, 0) is 6.42 Å². The van der Waals surface area contributed by atoms with Crippen LogP contribution in [0.3, 0.4) is 0 Å². The van der Waals surface area contributed by atoms with Crippen molar-refractivity contribution < 1.29 is 0 Å². The number of allylic oxidation sites excluding steroid dienone is 1. The van der Waals surface area contributed by atoms with Crippen LogP contribution < -0.4 is 0 Å². The largest absolute Gasteiger partial charge is 0.293 e. The molecular weight excluding hydrogens is 170 g/mol. The summed E-state index contributed by atoms with van der Waals surface area (Å²) < 4.78 is 0. The first-order valence-electron chi connectivity index (χ1n) is 5.25. The van der Waals surface area contributed by atoms with E-state index in [1.54, 1.807) is 5.57 Å². The first-order chi connectivity index (χ1) is 6.95. The Hall–Kier alpha value is -1.37. The van der Waals surface area contributed by atoms with Crippen molar-refractivity contribution in [2.45, 2.75) is 19.3 Å². The molecule has 0 aromatic heterocycles. The molecular formula is C13H13N. The molecule has 1 aromatic carbocycles. The fraction of sp³-hybridized carbons (Fsp3) is 0.308. The Bertz CT molecular complexity index is 427. The summed E-state index contributed by atoms with van der Waals surface area (Å²) in [4.78, 5) is 4.30. The first-order valence-corrected chi connectivity index (χ1v) is 5.25. The molecule has 0 radical (unpaired) electrons. The van der Waals surface area contributed by atoms with Gasteiger partial charge in [0.15, 0.2) is 0 Å². The van der Waals surface area contributed by atoms with E-state index in [-0.39, 0.29) is 0 Å². The lowest BCUT2D eigenvalue weighted by Crippen LogP contribution is -1.86. The van der Waals surface area contributed by atoms with Crippen molar-refractivity contribution >= 4 is 11.8 Å². The number of nitrogens with zero attached hydrogens (tertiary/aromatic N) is 1. The minimum absolute atomic E-state index is 0.987. The predicted molar refractivity (Wildman–Crippen MR) is 59.7 cm³/mol. The van der Waals surface area contributed by atoms with Gasteiger partial charge in [0, 0.05) is 12.8 Å². The molecule has 2 aliphatic rings. The fourth-order valence-corrected chi connectivity index (χ4v) is 2.41. The summed E-state index contributed by atoms with van der Waals surface area (Å²) in [6.07, 6.45) is 5.63. The van der Waals surface area contributed by atoms with Crippen LogP contribution in [0.4, 0.5) is 0 Å². The van der Waals surface area contributed by atoms with Crippen molar-refractivity contribution in [1.29, 1.82) is 0 Å². The van der Waals surface area contributed by atoms with Crippen LogP contribution in [0.5, 0.6) is 0 Å². The van der Waals surface area contributed by atoms with Crippen molar-refractivity contribution in [3.63, 3.8) is 0 Å². The Balaban J connectivity index is 2.14. The fourth-order valence-electron chi connectivity index (χ4n) is 2.41. The highest BCUT2D eigenvalue weighted by atomic mass is 14.7. The zero-order valence-corrected chi connectivity index (χ0v) is 8.16. The first kappa shape index (κ1) is 7.98. The number of rotatable bonds is 0. The van der Waals surface area contributed by atoms with Gasteiger partial charge in [-0.3, -0.25) is 4.99 Å². The zero-order valence-electron chi connectivity index (χ0n) is 8.16. The highest BCUT2D eigenvalue weighted by Gasteiger charge is 2.19. The Morgan fingerprint density at radius 1 is 1.00 bits per heavy atom. The molecule has 0 N–H and O–H groups in total. The number of hydrogen-bond donors (Lipinski definition) is 0. The van der Waals surface area contributed by atoms with Crippen LogP contribution in [0.15, 0.2) is 34.8 Å². The number of hydrogen-bond acceptors (Lipinski definition) is 1. The third-order valence-corrected chi connectivity index (χ3v) is 3.13. The maximum absolute atomic E-state index is 4.30. The zero-order chi connectivity index (χ0) is 9.38. The minimum Gasteiger partial charge on any atom is -0.293 e. The monoisotopic (exact) mass is 183 g/mol. The molecule has 0 amide bonds. The molecule has 3 rings (SSSR count). The second-order valence-corrected chi connectivity index (χ2v) is 3.95. The van der Waals surface area contributed by atoms with Gasteiger partial charge in [0.25, 0.3) is 0 Å². The molecule has 0 unspecified atom stereocenters. The molecule has 0 spiro atoms. The van der Waals surface area contributed by atoms with Gasteiger partial charge >= 0.3 is 0 Å². The predicted octanol–water partition coefficient (Wildman–Crippen LogP) is 2.86. The van der Waals surface area contributed by atoms with Gasteiger partial charge in [-0.05, 0) is 41.5 Å². The van der Waals surface area contributed by atoms with E-state index < -0.39 is 0 Å². The van der Waals surface area contributed by atoms with Crippen LogP contribution in [0.25, 0.3) is 5.57 Å². The van der Waals surface area contributed by atoms with E-state index >= 15 is 0 Å². The van der Waals surface area contributed by atoms with Gasteiger partial charge in [0.1, 0.15) is 0 Å². The summed E-state index contributed by atoms with van der Waals surface area (Å²) in [7, 11) is 0. The number of fused-ring (bicyclic) bond motifs is 1. The van der Waals surface area contributed by atoms with Crippen molar-refractivity contribution in [3.05, 3.63) is 41.0 Å². The Labute approximate surface area is 84.2 Å². The molecule has 14 heavy (non-hydrogen) atoms. The summed E-state index contributed by atoms with van der Waals surface area (Å²) in [5.41, 5.74) is 5.99. The smallest absolute Gasteiger partial charge is 0.0430 e. The second-order valence-electron chi connectivity index (χ2n) is 3.95. The highest BCUT2D eigenvalue weighted by Crippen LogP contribution is 2.35. The van der Waals surface area contributed by atoms with Gasteiger partial charge in [-0.2, -0.15) is 0 Å². The van der Waals surface area contributed by atoms with Gasteiger partial charge in [0.05, 0.1) is 0 Å². The summed E-state index contributed by atoms with van der Waals surface area (Å²) in [6, 6.07) is 8.76. The van der Waals surface area contributed by atoms with Crippen molar-refractivity contribution in [3.8, 4) is 0 Å². The molecule has 1 nitrogen and oxygen atoms in total. The molecule has 0 fully saturated rings. The lowest BCUT2D eigenvalue weighted by molar-refractivity contribution is 1.03. The normalized spacial score (nSPS) is 24.3.